The Balaban J connectivity index is 0.00000256. The fraction of sp³-hybridized carbons (Fsp3) is 0.273. The molecule has 0 aliphatic heterocycles. The Morgan fingerprint density at radius 3 is 2.47 bits per heavy atom. The smallest absolute Gasteiger partial charge is 0.270 e. The van der Waals surface area contributed by atoms with E-state index in [0.717, 1.165) is 42.4 Å². The summed E-state index contributed by atoms with van der Waals surface area (Å²) in [5.41, 5.74) is 1.21. The SMILES string of the molecule is Cl.O=C(NC1CCC(Nc2ccc3ccccc3n2)CC1)c1cccc([N+](=O)[O-])c1. The number of non-ortho nitro benzene ring substituents is 1. The number of fused-ring (bicyclic) bond motifs is 1. The highest BCUT2D eigenvalue weighted by atomic mass is 35.5. The molecule has 1 aromatic heterocycles. The zero-order chi connectivity index (χ0) is 20.2. The molecule has 0 bridgehead atoms. The first-order chi connectivity index (χ1) is 14.1. The second-order valence-electron chi connectivity index (χ2n) is 7.36. The third-order valence-corrected chi connectivity index (χ3v) is 5.33. The maximum atomic E-state index is 12.4. The third-order valence-electron chi connectivity index (χ3n) is 5.33. The lowest BCUT2D eigenvalue weighted by Crippen LogP contribution is -2.40. The summed E-state index contributed by atoms with van der Waals surface area (Å²) in [7, 11) is 0. The number of benzene rings is 2. The summed E-state index contributed by atoms with van der Waals surface area (Å²) in [4.78, 5) is 27.5. The summed E-state index contributed by atoms with van der Waals surface area (Å²) in [5, 5.41) is 18.5. The first kappa shape index (κ1) is 21.5. The molecule has 0 radical (unpaired) electrons. The maximum absolute atomic E-state index is 12.4. The minimum atomic E-state index is -0.492. The number of nitro groups is 1. The predicted octanol–water partition coefficient (Wildman–Crippen LogP) is 4.72. The average molecular weight is 427 g/mol. The van der Waals surface area contributed by atoms with E-state index < -0.39 is 4.92 Å². The number of amides is 1. The number of rotatable bonds is 5. The van der Waals surface area contributed by atoms with Crippen molar-refractivity contribution in [2.45, 2.75) is 37.8 Å². The van der Waals surface area contributed by atoms with Gasteiger partial charge in [-0.15, -0.1) is 12.4 Å². The zero-order valence-corrected chi connectivity index (χ0v) is 17.1. The van der Waals surface area contributed by atoms with Crippen molar-refractivity contribution in [2.75, 3.05) is 5.32 Å². The average Bonchev–Trinajstić information content (AvgIpc) is 2.75. The van der Waals surface area contributed by atoms with Gasteiger partial charge in [0.15, 0.2) is 0 Å². The highest BCUT2D eigenvalue weighted by Gasteiger charge is 2.23. The molecule has 156 valence electrons. The van der Waals surface area contributed by atoms with E-state index >= 15 is 0 Å². The lowest BCUT2D eigenvalue weighted by atomic mass is 9.91. The Kier molecular flexibility index (Phi) is 6.84. The molecule has 1 saturated carbocycles. The number of aromatic nitrogens is 1. The Bertz CT molecular complexity index is 1050. The van der Waals surface area contributed by atoms with Gasteiger partial charge in [-0.2, -0.15) is 0 Å². The standard InChI is InChI=1S/C22H22N4O3.ClH/c27-22(16-5-3-6-19(14-16)26(28)29)24-18-11-9-17(10-12-18)23-21-13-8-15-4-1-2-7-20(15)25-21;/h1-8,13-14,17-18H,9-12H2,(H,23,25)(H,24,27);1H. The topological polar surface area (TPSA) is 97.2 Å². The number of carbonyl (C=O) groups is 1. The number of nitrogens with zero attached hydrogens (tertiary/aromatic N) is 2. The van der Waals surface area contributed by atoms with Crippen molar-refractivity contribution < 1.29 is 9.72 Å². The van der Waals surface area contributed by atoms with E-state index in [4.69, 9.17) is 0 Å². The normalized spacial score (nSPS) is 18.3. The number of anilines is 1. The summed E-state index contributed by atoms with van der Waals surface area (Å²) in [6, 6.07) is 18.3. The summed E-state index contributed by atoms with van der Waals surface area (Å²) < 4.78 is 0. The van der Waals surface area contributed by atoms with Gasteiger partial charge in [0.2, 0.25) is 0 Å². The molecule has 1 aliphatic rings. The summed E-state index contributed by atoms with van der Waals surface area (Å²) in [6.07, 6.45) is 3.56. The molecule has 2 aromatic carbocycles. The van der Waals surface area contributed by atoms with Crippen LogP contribution in [0.3, 0.4) is 0 Å². The van der Waals surface area contributed by atoms with Gasteiger partial charge in [0.05, 0.1) is 10.4 Å². The van der Waals surface area contributed by atoms with Gasteiger partial charge in [-0.05, 0) is 49.9 Å². The minimum absolute atomic E-state index is 0. The third kappa shape index (κ3) is 5.04. The van der Waals surface area contributed by atoms with Crippen LogP contribution in [0, 0.1) is 10.1 Å². The van der Waals surface area contributed by atoms with Gasteiger partial charge in [-0.3, -0.25) is 14.9 Å². The molecule has 1 heterocycles. The quantitative estimate of drug-likeness (QED) is 0.454. The molecule has 2 N–H and O–H groups in total. The van der Waals surface area contributed by atoms with E-state index in [1.54, 1.807) is 6.07 Å². The molecule has 30 heavy (non-hydrogen) atoms. The number of nitro benzene ring substituents is 1. The van der Waals surface area contributed by atoms with Gasteiger partial charge in [-0.1, -0.05) is 24.3 Å². The van der Waals surface area contributed by atoms with Crippen molar-refractivity contribution in [3.05, 3.63) is 76.3 Å². The van der Waals surface area contributed by atoms with Crippen molar-refractivity contribution in [3.63, 3.8) is 0 Å². The van der Waals surface area contributed by atoms with Crippen molar-refractivity contribution in [1.82, 2.24) is 10.3 Å². The highest BCUT2D eigenvalue weighted by Crippen LogP contribution is 2.23. The molecule has 1 amide bonds. The Hall–Kier alpha value is -3.19. The van der Waals surface area contributed by atoms with Gasteiger partial charge in [0.1, 0.15) is 5.82 Å². The fourth-order valence-corrected chi connectivity index (χ4v) is 3.77. The van der Waals surface area contributed by atoms with Crippen molar-refractivity contribution in [3.8, 4) is 0 Å². The lowest BCUT2D eigenvalue weighted by Gasteiger charge is -2.30. The van der Waals surface area contributed by atoms with E-state index in [1.807, 2.05) is 30.3 Å². The molecule has 1 aliphatic carbocycles. The van der Waals surface area contributed by atoms with Crippen LogP contribution >= 0.6 is 12.4 Å². The Morgan fingerprint density at radius 2 is 1.70 bits per heavy atom. The second kappa shape index (κ2) is 9.54. The van der Waals surface area contributed by atoms with Gasteiger partial charge < -0.3 is 10.6 Å². The van der Waals surface area contributed by atoms with Crippen LogP contribution in [-0.4, -0.2) is 27.9 Å². The van der Waals surface area contributed by atoms with Crippen LogP contribution in [0.15, 0.2) is 60.7 Å². The van der Waals surface area contributed by atoms with Crippen LogP contribution in [0.4, 0.5) is 11.5 Å². The Labute approximate surface area is 180 Å². The second-order valence-corrected chi connectivity index (χ2v) is 7.36. The van der Waals surface area contributed by atoms with E-state index in [9.17, 15) is 14.9 Å². The van der Waals surface area contributed by atoms with Crippen LogP contribution in [0.25, 0.3) is 10.9 Å². The number of nitrogens with one attached hydrogen (secondary N) is 2. The van der Waals surface area contributed by atoms with E-state index in [2.05, 4.69) is 21.7 Å². The van der Waals surface area contributed by atoms with E-state index in [-0.39, 0.29) is 30.0 Å². The number of carbonyl (C=O) groups excluding carboxylic acids is 1. The summed E-state index contributed by atoms with van der Waals surface area (Å²) in [6.45, 7) is 0. The molecular formula is C22H23ClN4O3. The highest BCUT2D eigenvalue weighted by molar-refractivity contribution is 5.95. The van der Waals surface area contributed by atoms with Gasteiger partial charge in [-0.25, -0.2) is 4.98 Å². The maximum Gasteiger partial charge on any atom is 0.270 e. The van der Waals surface area contributed by atoms with Crippen LogP contribution in [0.1, 0.15) is 36.0 Å². The molecule has 7 nitrogen and oxygen atoms in total. The first-order valence-electron chi connectivity index (χ1n) is 9.76. The van der Waals surface area contributed by atoms with Gasteiger partial charge in [0.25, 0.3) is 11.6 Å². The monoisotopic (exact) mass is 426 g/mol. The largest absolute Gasteiger partial charge is 0.367 e. The van der Waals surface area contributed by atoms with Crippen molar-refractivity contribution >= 4 is 40.7 Å². The summed E-state index contributed by atoms with van der Waals surface area (Å²) in [5.74, 6) is 0.606. The van der Waals surface area contributed by atoms with Crippen LogP contribution < -0.4 is 10.6 Å². The molecule has 8 heteroatoms. The lowest BCUT2D eigenvalue weighted by molar-refractivity contribution is -0.384. The van der Waals surface area contributed by atoms with E-state index in [1.165, 1.54) is 18.2 Å². The van der Waals surface area contributed by atoms with Crippen LogP contribution in [0.2, 0.25) is 0 Å². The number of pyridine rings is 1. The zero-order valence-electron chi connectivity index (χ0n) is 16.3. The van der Waals surface area contributed by atoms with Gasteiger partial charge >= 0.3 is 0 Å². The molecule has 0 unspecified atom stereocenters. The molecular weight excluding hydrogens is 404 g/mol. The van der Waals surface area contributed by atoms with Crippen LogP contribution in [-0.2, 0) is 0 Å². The number of hydrogen-bond donors (Lipinski definition) is 2. The molecule has 1 fully saturated rings. The molecule has 3 aromatic rings. The van der Waals surface area contributed by atoms with Crippen molar-refractivity contribution in [1.29, 1.82) is 0 Å². The van der Waals surface area contributed by atoms with Crippen molar-refractivity contribution in [2.24, 2.45) is 0 Å². The first-order valence-corrected chi connectivity index (χ1v) is 9.76. The molecule has 4 rings (SSSR count). The molecule has 0 saturated heterocycles. The molecule has 0 spiro atoms. The number of halogens is 1. The number of para-hydroxylation sites is 1. The summed E-state index contributed by atoms with van der Waals surface area (Å²) >= 11 is 0. The fourth-order valence-electron chi connectivity index (χ4n) is 3.77. The van der Waals surface area contributed by atoms with Crippen LogP contribution in [0.5, 0.6) is 0 Å². The molecule has 0 atom stereocenters. The number of hydrogen-bond acceptors (Lipinski definition) is 5. The predicted molar refractivity (Wildman–Crippen MR) is 119 cm³/mol. The van der Waals surface area contributed by atoms with Gasteiger partial charge in [0, 0.05) is 35.2 Å². The Morgan fingerprint density at radius 1 is 0.967 bits per heavy atom. The minimum Gasteiger partial charge on any atom is -0.367 e. The van der Waals surface area contributed by atoms with E-state index in [0.29, 0.717) is 11.6 Å².